The van der Waals surface area contributed by atoms with Crippen LogP contribution in [0, 0.1) is 0 Å². The Morgan fingerprint density at radius 1 is 0.420 bits per heavy atom. The average Bonchev–Trinajstić information content (AvgIpc) is 2.07. The molecule has 0 spiro atoms. The van der Waals surface area contributed by atoms with E-state index in [9.17, 15) is 45.6 Å². The third-order valence-electron chi connectivity index (χ3n) is 16.5. The molecule has 0 bridgehead atoms. The topological polar surface area (TPSA) is 228 Å². The number of amides is 1. The van der Waals surface area contributed by atoms with Crippen LogP contribution in [-0.4, -0.2) is 140 Å². The molecular formula is C74H127NO13. The van der Waals surface area contributed by atoms with Crippen LogP contribution in [0.3, 0.4) is 0 Å². The number of hydrogen-bond donors (Lipinski definition) is 9. The van der Waals surface area contributed by atoms with Crippen LogP contribution in [-0.2, 0) is 23.7 Å². The lowest BCUT2D eigenvalue weighted by molar-refractivity contribution is -0.359. The summed E-state index contributed by atoms with van der Waals surface area (Å²) in [4.78, 5) is 13.3. The van der Waals surface area contributed by atoms with E-state index >= 15 is 0 Å². The highest BCUT2D eigenvalue weighted by atomic mass is 16.7. The summed E-state index contributed by atoms with van der Waals surface area (Å²) in [6, 6.07) is -0.870. The molecule has 14 nitrogen and oxygen atoms in total. The zero-order valence-electron chi connectivity index (χ0n) is 54.9. The molecule has 0 saturated carbocycles. The summed E-state index contributed by atoms with van der Waals surface area (Å²) in [5.74, 6) is -0.266. The third kappa shape index (κ3) is 41.2. The predicted octanol–water partition coefficient (Wildman–Crippen LogP) is 14.3. The molecule has 0 aromatic carbocycles. The van der Waals surface area contributed by atoms with Crippen molar-refractivity contribution in [3.63, 3.8) is 0 Å². The number of hydrogen-bond acceptors (Lipinski definition) is 13. The van der Waals surface area contributed by atoms with Crippen LogP contribution in [0.4, 0.5) is 0 Å². The van der Waals surface area contributed by atoms with Crippen molar-refractivity contribution in [2.75, 3.05) is 19.8 Å². The van der Waals surface area contributed by atoms with Crippen LogP contribution in [0.15, 0.2) is 109 Å². The maximum atomic E-state index is 13.3. The molecule has 506 valence electrons. The Morgan fingerprint density at radius 2 is 0.773 bits per heavy atom. The Bertz CT molecular complexity index is 1890. The molecule has 0 radical (unpaired) electrons. The lowest BCUT2D eigenvalue weighted by Gasteiger charge is -2.46. The number of aliphatic hydroxyl groups is 8. The van der Waals surface area contributed by atoms with Gasteiger partial charge in [0.25, 0.3) is 0 Å². The lowest BCUT2D eigenvalue weighted by atomic mass is 9.97. The van der Waals surface area contributed by atoms with Crippen LogP contribution in [0.2, 0.25) is 0 Å². The molecule has 0 aliphatic carbocycles. The van der Waals surface area contributed by atoms with Gasteiger partial charge in [-0.2, -0.15) is 0 Å². The van der Waals surface area contributed by atoms with E-state index in [0.717, 1.165) is 83.5 Å². The molecular weight excluding hydrogens is 1110 g/mol. The molecule has 0 aromatic heterocycles. The first-order chi connectivity index (χ1) is 43.1. The van der Waals surface area contributed by atoms with Gasteiger partial charge in [-0.05, 0) is 77.0 Å². The summed E-state index contributed by atoms with van der Waals surface area (Å²) in [5, 5.41) is 87.6. The average molecular weight is 1240 g/mol. The third-order valence-corrected chi connectivity index (χ3v) is 16.5. The van der Waals surface area contributed by atoms with Crippen molar-refractivity contribution in [3.05, 3.63) is 109 Å². The number of unbranched alkanes of at least 4 members (excludes halogenated alkanes) is 25. The van der Waals surface area contributed by atoms with Crippen molar-refractivity contribution < 1.29 is 64.6 Å². The fourth-order valence-corrected chi connectivity index (χ4v) is 10.9. The van der Waals surface area contributed by atoms with Gasteiger partial charge >= 0.3 is 0 Å². The van der Waals surface area contributed by atoms with Gasteiger partial charge in [0.1, 0.15) is 48.8 Å². The molecule has 12 atom stereocenters. The first-order valence-electron chi connectivity index (χ1n) is 35.1. The van der Waals surface area contributed by atoms with Crippen molar-refractivity contribution in [3.8, 4) is 0 Å². The maximum Gasteiger partial charge on any atom is 0.220 e. The maximum absolute atomic E-state index is 13.3. The van der Waals surface area contributed by atoms with E-state index in [2.05, 4.69) is 129 Å². The monoisotopic (exact) mass is 1240 g/mol. The Morgan fingerprint density at radius 3 is 1.16 bits per heavy atom. The summed E-state index contributed by atoms with van der Waals surface area (Å²) in [6.07, 6.45) is 65.3. The van der Waals surface area contributed by atoms with Crippen molar-refractivity contribution in [2.45, 2.75) is 331 Å². The van der Waals surface area contributed by atoms with E-state index in [-0.39, 0.29) is 18.9 Å². The number of rotatable bonds is 56. The van der Waals surface area contributed by atoms with Crippen LogP contribution >= 0.6 is 0 Å². The zero-order chi connectivity index (χ0) is 63.8. The van der Waals surface area contributed by atoms with E-state index in [1.807, 2.05) is 0 Å². The molecule has 9 N–H and O–H groups in total. The molecule has 2 rings (SSSR count). The molecule has 1 amide bonds. The second-order valence-corrected chi connectivity index (χ2v) is 24.3. The van der Waals surface area contributed by atoms with Gasteiger partial charge < -0.3 is 65.1 Å². The summed E-state index contributed by atoms with van der Waals surface area (Å²) in [6.45, 7) is 2.73. The van der Waals surface area contributed by atoms with Gasteiger partial charge in [-0.15, -0.1) is 0 Å². The Hall–Kier alpha value is -3.35. The zero-order valence-corrected chi connectivity index (χ0v) is 54.9. The Labute approximate surface area is 534 Å². The summed E-state index contributed by atoms with van der Waals surface area (Å²) in [7, 11) is 0. The van der Waals surface area contributed by atoms with Crippen molar-refractivity contribution in [2.24, 2.45) is 0 Å². The molecule has 2 aliphatic rings. The fraction of sp³-hybridized carbons (Fsp3) is 0.743. The van der Waals surface area contributed by atoms with Crippen LogP contribution < -0.4 is 5.32 Å². The second kappa shape index (κ2) is 57.5. The number of allylic oxidation sites excluding steroid dienone is 18. The van der Waals surface area contributed by atoms with Gasteiger partial charge in [-0.1, -0.05) is 284 Å². The summed E-state index contributed by atoms with van der Waals surface area (Å²) >= 11 is 0. The molecule has 12 unspecified atom stereocenters. The minimum atomic E-state index is -1.79. The smallest absolute Gasteiger partial charge is 0.220 e. The molecule has 2 fully saturated rings. The SMILES string of the molecule is CC/C=C\C/C=C\C/C=C\C/C=C\C/C=C\C/C=C\C/C=C\C/C=C\C/C=C\CCCC(=O)NC(COC1OC(CO)C(OC2OC(CO)C(O)C(O)C2O)C(O)C1O)C(O)CCCCCCCCCCCCCCCCCCCCCCCCCCC. The molecule has 2 saturated heterocycles. The number of carbonyl (C=O) groups is 1. The summed E-state index contributed by atoms with van der Waals surface area (Å²) in [5.41, 5.74) is 0. The number of nitrogens with one attached hydrogen (secondary N) is 1. The number of carbonyl (C=O) groups excluding carboxylic acids is 1. The van der Waals surface area contributed by atoms with E-state index in [4.69, 9.17) is 18.9 Å². The molecule has 88 heavy (non-hydrogen) atoms. The van der Waals surface area contributed by atoms with Crippen LogP contribution in [0.25, 0.3) is 0 Å². The highest BCUT2D eigenvalue weighted by Gasteiger charge is 2.51. The van der Waals surface area contributed by atoms with E-state index in [1.165, 1.54) is 135 Å². The fourth-order valence-electron chi connectivity index (χ4n) is 10.9. The lowest BCUT2D eigenvalue weighted by Crippen LogP contribution is -2.65. The predicted molar refractivity (Wildman–Crippen MR) is 359 cm³/mol. The van der Waals surface area contributed by atoms with Crippen molar-refractivity contribution in [1.29, 1.82) is 0 Å². The van der Waals surface area contributed by atoms with E-state index < -0.39 is 86.8 Å². The Kier molecular flexibility index (Phi) is 52.8. The minimum absolute atomic E-state index is 0.218. The highest BCUT2D eigenvalue weighted by molar-refractivity contribution is 5.76. The number of aliphatic hydroxyl groups excluding tert-OH is 8. The van der Waals surface area contributed by atoms with Gasteiger partial charge in [-0.3, -0.25) is 4.79 Å². The van der Waals surface area contributed by atoms with Gasteiger partial charge in [0.05, 0.1) is 32.0 Å². The van der Waals surface area contributed by atoms with E-state index in [0.29, 0.717) is 19.3 Å². The second-order valence-electron chi connectivity index (χ2n) is 24.3. The first kappa shape index (κ1) is 80.7. The normalized spacial score (nSPS) is 23.8. The van der Waals surface area contributed by atoms with Crippen molar-refractivity contribution >= 4 is 5.91 Å². The summed E-state index contributed by atoms with van der Waals surface area (Å²) < 4.78 is 22.9. The molecule has 14 heteroatoms. The van der Waals surface area contributed by atoms with Gasteiger partial charge in [-0.25, -0.2) is 0 Å². The largest absolute Gasteiger partial charge is 0.394 e. The quantitative estimate of drug-likeness (QED) is 0.0204. The van der Waals surface area contributed by atoms with Gasteiger partial charge in [0.2, 0.25) is 5.91 Å². The van der Waals surface area contributed by atoms with E-state index in [1.54, 1.807) is 0 Å². The van der Waals surface area contributed by atoms with Crippen LogP contribution in [0.1, 0.15) is 258 Å². The highest BCUT2D eigenvalue weighted by Crippen LogP contribution is 2.30. The molecule has 2 aliphatic heterocycles. The molecule has 0 aromatic rings. The van der Waals surface area contributed by atoms with Gasteiger partial charge in [0, 0.05) is 6.42 Å². The van der Waals surface area contributed by atoms with Gasteiger partial charge in [0.15, 0.2) is 12.6 Å². The van der Waals surface area contributed by atoms with Crippen LogP contribution in [0.5, 0.6) is 0 Å². The van der Waals surface area contributed by atoms with Crippen molar-refractivity contribution in [1.82, 2.24) is 5.32 Å². The Balaban J connectivity index is 1.72. The molecule has 2 heterocycles. The minimum Gasteiger partial charge on any atom is -0.394 e. The number of ether oxygens (including phenoxy) is 4. The standard InChI is InChI=1S/C74H127NO13/c1-3-5-7-9-11-13-15-17-19-21-23-25-27-29-30-31-32-34-36-38-40-42-44-46-48-50-52-54-56-58-66(79)75-62(61-85-73-71(84)69(82)72(65(60-77)87-73)88-74-70(83)68(81)67(80)64(59-76)86-74)63(78)57-55-53-51-49-47-45-43-41-39-37-35-33-28-26-24-22-20-18-16-14-12-10-8-6-4-2/h5,7,11,13,17,19,23,25,29-30,32,34,38,40,44,46,50,52,62-65,67-74,76-78,80-84H,3-4,6,8-10,12,14-16,18,20-22,24,26-28,31,33,35-37,39,41-43,45,47-49,51,53-61H2,1-2H3,(H,75,79)/b7-5-,13-11-,19-17-,25-23-,30-29-,34-32-,40-38-,46-44-,52-50-. The first-order valence-corrected chi connectivity index (χ1v) is 35.1.